The summed E-state index contributed by atoms with van der Waals surface area (Å²) in [4.78, 5) is 0. The second-order valence-corrected chi connectivity index (χ2v) is 4.07. The fraction of sp³-hybridized carbons (Fsp3) is 1.00. The van der Waals surface area contributed by atoms with Gasteiger partial charge in [-0.2, -0.15) is 0 Å². The van der Waals surface area contributed by atoms with Crippen molar-refractivity contribution in [2.75, 3.05) is 13.1 Å². The van der Waals surface area contributed by atoms with E-state index in [0.717, 1.165) is 25.0 Å². The molecule has 0 aliphatic heterocycles. The molecule has 0 radical (unpaired) electrons. The van der Waals surface area contributed by atoms with Gasteiger partial charge in [0.1, 0.15) is 0 Å². The number of hydrogen-bond acceptors (Lipinski definition) is 2. The number of rotatable bonds is 6. The minimum absolute atomic E-state index is 0.618. The molecule has 2 heteroatoms. The first-order valence-corrected chi connectivity index (χ1v) is 5.20. The van der Waals surface area contributed by atoms with Gasteiger partial charge in [-0.05, 0) is 12.3 Å². The van der Waals surface area contributed by atoms with E-state index in [1.54, 1.807) is 0 Å². The Kier molecular flexibility index (Phi) is 4.02. The summed E-state index contributed by atoms with van der Waals surface area (Å²) < 4.78 is 0. The highest BCUT2D eigenvalue weighted by molar-refractivity contribution is 4.91. The van der Waals surface area contributed by atoms with Crippen LogP contribution in [0.2, 0.25) is 0 Å². The lowest BCUT2D eigenvalue weighted by atomic mass is 10.3. The summed E-state index contributed by atoms with van der Waals surface area (Å²) in [6.45, 7) is 8.88. The smallest absolute Gasteiger partial charge is 0.00995 e. The molecule has 1 aliphatic carbocycles. The SMILES string of the molecule is CCC1CC1NCCNC(C)C. The Balaban J connectivity index is 1.84. The Bertz CT molecular complexity index is 123. The first kappa shape index (κ1) is 10.0. The molecule has 1 rings (SSSR count). The average Bonchev–Trinajstić information content (AvgIpc) is 2.76. The van der Waals surface area contributed by atoms with Crippen molar-refractivity contribution in [3.8, 4) is 0 Å². The Hall–Kier alpha value is -0.0800. The normalized spacial score (nSPS) is 28.0. The van der Waals surface area contributed by atoms with Crippen LogP contribution in [0.5, 0.6) is 0 Å². The van der Waals surface area contributed by atoms with Gasteiger partial charge in [0.25, 0.3) is 0 Å². The van der Waals surface area contributed by atoms with Crippen LogP contribution in [0, 0.1) is 5.92 Å². The van der Waals surface area contributed by atoms with Crippen molar-refractivity contribution in [2.45, 2.75) is 45.7 Å². The molecule has 0 saturated heterocycles. The Morgan fingerprint density at radius 1 is 1.33 bits per heavy atom. The van der Waals surface area contributed by atoms with Gasteiger partial charge in [0.2, 0.25) is 0 Å². The molecule has 2 N–H and O–H groups in total. The number of hydrogen-bond donors (Lipinski definition) is 2. The van der Waals surface area contributed by atoms with Gasteiger partial charge in [-0.15, -0.1) is 0 Å². The molecule has 1 saturated carbocycles. The maximum atomic E-state index is 3.55. The standard InChI is InChI=1S/C10H22N2/c1-4-9-7-10(9)12-6-5-11-8(2)3/h8-12H,4-7H2,1-3H3. The van der Waals surface area contributed by atoms with Crippen LogP contribution >= 0.6 is 0 Å². The van der Waals surface area contributed by atoms with Crippen molar-refractivity contribution < 1.29 is 0 Å². The fourth-order valence-corrected chi connectivity index (χ4v) is 1.57. The summed E-state index contributed by atoms with van der Waals surface area (Å²) >= 11 is 0. The Morgan fingerprint density at radius 3 is 2.58 bits per heavy atom. The van der Waals surface area contributed by atoms with Crippen LogP contribution in [0.1, 0.15) is 33.6 Å². The third kappa shape index (κ3) is 3.55. The molecular weight excluding hydrogens is 148 g/mol. The topological polar surface area (TPSA) is 24.1 Å². The zero-order valence-corrected chi connectivity index (χ0v) is 8.56. The Morgan fingerprint density at radius 2 is 2.08 bits per heavy atom. The first-order valence-electron chi connectivity index (χ1n) is 5.20. The molecule has 1 aliphatic rings. The van der Waals surface area contributed by atoms with Gasteiger partial charge in [-0.25, -0.2) is 0 Å². The molecular formula is C10H22N2. The second kappa shape index (κ2) is 4.83. The average molecular weight is 170 g/mol. The van der Waals surface area contributed by atoms with Crippen molar-refractivity contribution in [1.82, 2.24) is 10.6 Å². The summed E-state index contributed by atoms with van der Waals surface area (Å²) in [5.41, 5.74) is 0. The lowest BCUT2D eigenvalue weighted by molar-refractivity contribution is 0.542. The molecule has 0 aromatic rings. The lowest BCUT2D eigenvalue weighted by Crippen LogP contribution is -2.32. The summed E-state index contributed by atoms with van der Waals surface area (Å²) in [6.07, 6.45) is 2.74. The highest BCUT2D eigenvalue weighted by atomic mass is 15.0. The fourth-order valence-electron chi connectivity index (χ4n) is 1.57. The second-order valence-electron chi connectivity index (χ2n) is 4.07. The van der Waals surface area contributed by atoms with E-state index in [2.05, 4.69) is 31.4 Å². The molecule has 0 amide bonds. The molecule has 1 fully saturated rings. The van der Waals surface area contributed by atoms with Crippen molar-refractivity contribution in [3.63, 3.8) is 0 Å². The maximum Gasteiger partial charge on any atom is 0.00995 e. The molecule has 12 heavy (non-hydrogen) atoms. The van der Waals surface area contributed by atoms with E-state index in [-0.39, 0.29) is 0 Å². The lowest BCUT2D eigenvalue weighted by Gasteiger charge is -2.08. The van der Waals surface area contributed by atoms with Crippen LogP contribution in [0.3, 0.4) is 0 Å². The van der Waals surface area contributed by atoms with E-state index >= 15 is 0 Å². The molecule has 0 aromatic carbocycles. The van der Waals surface area contributed by atoms with E-state index in [0.29, 0.717) is 6.04 Å². The molecule has 0 bridgehead atoms. The van der Waals surface area contributed by atoms with E-state index in [1.165, 1.54) is 12.8 Å². The zero-order valence-electron chi connectivity index (χ0n) is 8.56. The predicted molar refractivity (Wildman–Crippen MR) is 53.3 cm³/mol. The summed E-state index contributed by atoms with van der Waals surface area (Å²) in [7, 11) is 0. The molecule has 0 heterocycles. The molecule has 2 unspecified atom stereocenters. The van der Waals surface area contributed by atoms with Gasteiger partial charge in [-0.3, -0.25) is 0 Å². The largest absolute Gasteiger partial charge is 0.313 e. The minimum Gasteiger partial charge on any atom is -0.313 e. The molecule has 0 aromatic heterocycles. The van der Waals surface area contributed by atoms with Gasteiger partial charge >= 0.3 is 0 Å². The van der Waals surface area contributed by atoms with Gasteiger partial charge in [0, 0.05) is 25.2 Å². The van der Waals surface area contributed by atoms with E-state index < -0.39 is 0 Å². The van der Waals surface area contributed by atoms with Gasteiger partial charge in [0.15, 0.2) is 0 Å². The number of nitrogens with one attached hydrogen (secondary N) is 2. The monoisotopic (exact) mass is 170 g/mol. The molecule has 2 atom stereocenters. The van der Waals surface area contributed by atoms with Crippen LogP contribution < -0.4 is 10.6 Å². The maximum absolute atomic E-state index is 3.55. The first-order chi connectivity index (χ1) is 5.74. The van der Waals surface area contributed by atoms with Crippen LogP contribution in [0.25, 0.3) is 0 Å². The predicted octanol–water partition coefficient (Wildman–Crippen LogP) is 1.37. The third-order valence-electron chi connectivity index (χ3n) is 2.53. The molecule has 0 spiro atoms. The summed E-state index contributed by atoms with van der Waals surface area (Å²) in [5.74, 6) is 0.976. The highest BCUT2D eigenvalue weighted by Crippen LogP contribution is 2.32. The highest BCUT2D eigenvalue weighted by Gasteiger charge is 2.34. The molecule has 2 nitrogen and oxygen atoms in total. The van der Waals surface area contributed by atoms with Crippen molar-refractivity contribution >= 4 is 0 Å². The van der Waals surface area contributed by atoms with E-state index in [1.807, 2.05) is 0 Å². The van der Waals surface area contributed by atoms with Crippen LogP contribution in [0.15, 0.2) is 0 Å². The van der Waals surface area contributed by atoms with Gasteiger partial charge < -0.3 is 10.6 Å². The van der Waals surface area contributed by atoms with E-state index in [9.17, 15) is 0 Å². The summed E-state index contributed by atoms with van der Waals surface area (Å²) in [6, 6.07) is 1.46. The van der Waals surface area contributed by atoms with Crippen molar-refractivity contribution in [3.05, 3.63) is 0 Å². The van der Waals surface area contributed by atoms with Crippen molar-refractivity contribution in [1.29, 1.82) is 0 Å². The quantitative estimate of drug-likeness (QED) is 0.588. The van der Waals surface area contributed by atoms with E-state index in [4.69, 9.17) is 0 Å². The van der Waals surface area contributed by atoms with Gasteiger partial charge in [0.05, 0.1) is 0 Å². The van der Waals surface area contributed by atoms with Crippen LogP contribution in [-0.4, -0.2) is 25.2 Å². The van der Waals surface area contributed by atoms with Gasteiger partial charge in [-0.1, -0.05) is 27.2 Å². The third-order valence-corrected chi connectivity index (χ3v) is 2.53. The zero-order chi connectivity index (χ0) is 8.97. The van der Waals surface area contributed by atoms with Crippen LogP contribution in [-0.2, 0) is 0 Å². The minimum atomic E-state index is 0.618. The molecule has 72 valence electrons. The van der Waals surface area contributed by atoms with Crippen LogP contribution in [0.4, 0.5) is 0 Å². The summed E-state index contributed by atoms with van der Waals surface area (Å²) in [5, 5.41) is 6.95. The Labute approximate surface area is 76.1 Å². The van der Waals surface area contributed by atoms with Crippen molar-refractivity contribution in [2.24, 2.45) is 5.92 Å².